The summed E-state index contributed by atoms with van der Waals surface area (Å²) in [6, 6.07) is 15.1. The van der Waals surface area contributed by atoms with Crippen molar-refractivity contribution in [2.45, 2.75) is 50.7 Å². The molecule has 0 aliphatic carbocycles. The molecule has 8 heteroatoms. The normalized spacial score (nSPS) is 17.2. The molecule has 0 unspecified atom stereocenters. The van der Waals surface area contributed by atoms with Crippen LogP contribution in [0, 0.1) is 0 Å². The SMILES string of the molecule is O=C1CCC2(CCN(C(=O)CCc3nc4c(OCc5ccccc5)cccc4c(=O)[nH]3)CC2)N1. The number of amides is 2. The van der Waals surface area contributed by atoms with Gasteiger partial charge in [-0.2, -0.15) is 0 Å². The largest absolute Gasteiger partial charge is 0.487 e. The van der Waals surface area contributed by atoms with Crippen LogP contribution in [0.4, 0.5) is 0 Å². The third-order valence-electron chi connectivity index (χ3n) is 6.87. The van der Waals surface area contributed by atoms with Crippen molar-refractivity contribution in [3.05, 3.63) is 70.3 Å². The van der Waals surface area contributed by atoms with Crippen LogP contribution in [0.3, 0.4) is 0 Å². The van der Waals surface area contributed by atoms with E-state index in [1.807, 2.05) is 35.2 Å². The number of hydrogen-bond acceptors (Lipinski definition) is 5. The summed E-state index contributed by atoms with van der Waals surface area (Å²) in [4.78, 5) is 46.4. The third-order valence-corrected chi connectivity index (χ3v) is 6.87. The summed E-state index contributed by atoms with van der Waals surface area (Å²) >= 11 is 0. The topological polar surface area (TPSA) is 104 Å². The molecule has 2 saturated heterocycles. The van der Waals surface area contributed by atoms with Crippen molar-refractivity contribution in [2.75, 3.05) is 13.1 Å². The zero-order chi connectivity index (χ0) is 23.5. The van der Waals surface area contributed by atoms with Crippen LogP contribution in [0.1, 0.15) is 43.5 Å². The highest BCUT2D eigenvalue weighted by Crippen LogP contribution is 2.31. The minimum absolute atomic E-state index is 0.0375. The molecule has 5 rings (SSSR count). The quantitative estimate of drug-likeness (QED) is 0.589. The Hall–Kier alpha value is -3.68. The van der Waals surface area contributed by atoms with E-state index in [1.165, 1.54) is 0 Å². The van der Waals surface area contributed by atoms with Gasteiger partial charge in [0.25, 0.3) is 5.56 Å². The van der Waals surface area contributed by atoms with E-state index in [2.05, 4.69) is 15.3 Å². The Morgan fingerprint density at radius 3 is 2.56 bits per heavy atom. The zero-order valence-corrected chi connectivity index (χ0v) is 19.0. The maximum absolute atomic E-state index is 12.8. The van der Waals surface area contributed by atoms with Crippen LogP contribution in [0.25, 0.3) is 10.9 Å². The summed E-state index contributed by atoms with van der Waals surface area (Å²) in [7, 11) is 0. The summed E-state index contributed by atoms with van der Waals surface area (Å²) in [5.74, 6) is 1.16. The Balaban J connectivity index is 1.24. The van der Waals surface area contributed by atoms with Crippen molar-refractivity contribution in [2.24, 2.45) is 0 Å². The van der Waals surface area contributed by atoms with E-state index >= 15 is 0 Å². The fraction of sp³-hybridized carbons (Fsp3) is 0.385. The molecule has 2 N–H and O–H groups in total. The van der Waals surface area contributed by atoms with E-state index in [1.54, 1.807) is 18.2 Å². The highest BCUT2D eigenvalue weighted by molar-refractivity contribution is 5.84. The van der Waals surface area contributed by atoms with Crippen LogP contribution < -0.4 is 15.6 Å². The Labute approximate surface area is 197 Å². The maximum Gasteiger partial charge on any atom is 0.258 e. The highest BCUT2D eigenvalue weighted by atomic mass is 16.5. The molecule has 1 aromatic heterocycles. The van der Waals surface area contributed by atoms with Gasteiger partial charge in [0.05, 0.1) is 5.39 Å². The van der Waals surface area contributed by atoms with Gasteiger partial charge in [-0.3, -0.25) is 14.4 Å². The molecule has 2 aliphatic rings. The number of carbonyl (C=O) groups is 2. The number of fused-ring (bicyclic) bond motifs is 1. The van der Waals surface area contributed by atoms with Gasteiger partial charge >= 0.3 is 0 Å². The lowest BCUT2D eigenvalue weighted by atomic mass is 9.86. The van der Waals surface area contributed by atoms with Crippen molar-refractivity contribution in [1.82, 2.24) is 20.2 Å². The second kappa shape index (κ2) is 9.29. The molecule has 2 aliphatic heterocycles. The predicted molar refractivity (Wildman–Crippen MR) is 127 cm³/mol. The number of carbonyl (C=O) groups excluding carboxylic acids is 2. The van der Waals surface area contributed by atoms with Gasteiger partial charge in [-0.15, -0.1) is 0 Å². The van der Waals surface area contributed by atoms with E-state index < -0.39 is 0 Å². The first-order chi connectivity index (χ1) is 16.5. The highest BCUT2D eigenvalue weighted by Gasteiger charge is 2.40. The fourth-order valence-electron chi connectivity index (χ4n) is 4.87. The van der Waals surface area contributed by atoms with Gasteiger partial charge in [0.1, 0.15) is 23.7 Å². The molecule has 3 aromatic rings. The van der Waals surface area contributed by atoms with Crippen LogP contribution in [0.5, 0.6) is 5.75 Å². The number of aromatic nitrogens is 2. The summed E-state index contributed by atoms with van der Waals surface area (Å²) < 4.78 is 5.97. The average molecular weight is 461 g/mol. The Kier molecular flexibility index (Phi) is 6.04. The van der Waals surface area contributed by atoms with Crippen molar-refractivity contribution in [1.29, 1.82) is 0 Å². The molecule has 2 amide bonds. The number of rotatable bonds is 6. The minimum atomic E-state index is -0.241. The van der Waals surface area contributed by atoms with Crippen LogP contribution in [-0.4, -0.2) is 45.3 Å². The lowest BCUT2D eigenvalue weighted by Crippen LogP contribution is -2.52. The standard InChI is InChI=1S/C26H28N4O4/c31-22-11-12-26(29-22)13-15-30(16-14-26)23(32)10-9-21-27-24-19(25(33)28-21)7-4-8-20(24)34-17-18-5-2-1-3-6-18/h1-8H,9-17H2,(H,29,31)(H,27,28,33). The number of benzene rings is 2. The first kappa shape index (κ1) is 22.1. The van der Waals surface area contributed by atoms with Crippen molar-refractivity contribution in [3.8, 4) is 5.75 Å². The van der Waals surface area contributed by atoms with Crippen LogP contribution >= 0.6 is 0 Å². The molecular formula is C26H28N4O4. The van der Waals surface area contributed by atoms with Crippen molar-refractivity contribution >= 4 is 22.7 Å². The molecular weight excluding hydrogens is 432 g/mol. The molecule has 3 heterocycles. The second-order valence-corrected chi connectivity index (χ2v) is 9.15. The van der Waals surface area contributed by atoms with Gasteiger partial charge in [0, 0.05) is 37.9 Å². The van der Waals surface area contributed by atoms with Crippen LogP contribution in [-0.2, 0) is 22.6 Å². The monoisotopic (exact) mass is 460 g/mol. The lowest BCUT2D eigenvalue weighted by molar-refractivity contribution is -0.132. The van der Waals surface area contributed by atoms with Gasteiger partial charge < -0.3 is 19.9 Å². The molecule has 2 aromatic carbocycles. The smallest absolute Gasteiger partial charge is 0.258 e. The number of H-pyrrole nitrogens is 1. The molecule has 34 heavy (non-hydrogen) atoms. The summed E-state index contributed by atoms with van der Waals surface area (Å²) in [6.45, 7) is 1.65. The molecule has 0 radical (unpaired) electrons. The Morgan fingerprint density at radius 2 is 1.82 bits per heavy atom. The van der Waals surface area contributed by atoms with Crippen molar-refractivity contribution in [3.63, 3.8) is 0 Å². The number of aromatic amines is 1. The number of aryl methyl sites for hydroxylation is 1. The number of para-hydroxylation sites is 1. The van der Waals surface area contributed by atoms with Crippen LogP contribution in [0.2, 0.25) is 0 Å². The summed E-state index contributed by atoms with van der Waals surface area (Å²) in [6.07, 6.45) is 3.61. The Bertz CT molecular complexity index is 1260. The molecule has 1 spiro atoms. The molecule has 176 valence electrons. The molecule has 2 fully saturated rings. The average Bonchev–Trinajstić information content (AvgIpc) is 3.22. The first-order valence-electron chi connectivity index (χ1n) is 11.8. The summed E-state index contributed by atoms with van der Waals surface area (Å²) in [5.41, 5.74) is 1.15. The molecule has 8 nitrogen and oxygen atoms in total. The lowest BCUT2D eigenvalue weighted by Gasteiger charge is -2.39. The number of hydrogen-bond donors (Lipinski definition) is 2. The van der Waals surface area contributed by atoms with E-state index in [0.29, 0.717) is 55.0 Å². The maximum atomic E-state index is 12.8. The molecule has 0 bridgehead atoms. The van der Waals surface area contributed by atoms with E-state index in [-0.39, 0.29) is 29.3 Å². The second-order valence-electron chi connectivity index (χ2n) is 9.15. The molecule has 0 atom stereocenters. The zero-order valence-electron chi connectivity index (χ0n) is 19.0. The minimum Gasteiger partial charge on any atom is -0.487 e. The van der Waals surface area contributed by atoms with Gasteiger partial charge in [-0.05, 0) is 37.0 Å². The number of likely N-dealkylation sites (tertiary alicyclic amines) is 1. The van der Waals surface area contributed by atoms with E-state index in [9.17, 15) is 14.4 Å². The van der Waals surface area contributed by atoms with Crippen LogP contribution in [0.15, 0.2) is 53.3 Å². The number of nitrogens with one attached hydrogen (secondary N) is 2. The van der Waals surface area contributed by atoms with Crippen molar-refractivity contribution < 1.29 is 14.3 Å². The predicted octanol–water partition coefficient (Wildman–Crippen LogP) is 2.71. The van der Waals surface area contributed by atoms with Gasteiger partial charge in [0.2, 0.25) is 11.8 Å². The summed E-state index contributed by atoms with van der Waals surface area (Å²) in [5, 5.41) is 3.56. The van der Waals surface area contributed by atoms with E-state index in [4.69, 9.17) is 4.74 Å². The fourth-order valence-corrected chi connectivity index (χ4v) is 4.87. The van der Waals surface area contributed by atoms with Gasteiger partial charge in [0.15, 0.2) is 0 Å². The van der Waals surface area contributed by atoms with Gasteiger partial charge in [-0.1, -0.05) is 36.4 Å². The Morgan fingerprint density at radius 1 is 1.03 bits per heavy atom. The first-order valence-corrected chi connectivity index (χ1v) is 11.8. The van der Waals surface area contributed by atoms with E-state index in [0.717, 1.165) is 24.8 Å². The third kappa shape index (κ3) is 4.66. The molecule has 0 saturated carbocycles. The number of ether oxygens (including phenoxy) is 1. The number of piperidine rings is 1. The number of nitrogens with zero attached hydrogens (tertiary/aromatic N) is 2. The van der Waals surface area contributed by atoms with Gasteiger partial charge in [-0.25, -0.2) is 4.98 Å².